The number of halogens is 1. The number of amides is 1. The quantitative estimate of drug-likeness (QED) is 0.494. The van der Waals surface area contributed by atoms with Gasteiger partial charge in [-0.25, -0.2) is 14.4 Å². The highest BCUT2D eigenvalue weighted by molar-refractivity contribution is 8.00. The largest absolute Gasteiger partial charge is 0.323 e. The van der Waals surface area contributed by atoms with Gasteiger partial charge in [-0.3, -0.25) is 4.79 Å². The molecule has 0 saturated heterocycles. The Labute approximate surface area is 165 Å². The van der Waals surface area contributed by atoms with Crippen LogP contribution in [0.2, 0.25) is 0 Å². The maximum Gasteiger partial charge on any atom is 0.234 e. The van der Waals surface area contributed by atoms with Gasteiger partial charge >= 0.3 is 0 Å². The molecule has 7 heteroatoms. The van der Waals surface area contributed by atoms with E-state index in [9.17, 15) is 9.18 Å². The fraction of sp³-hybridized carbons (Fsp3) is 0.350. The maximum atomic E-state index is 13.7. The molecule has 2 aromatic heterocycles. The molecule has 0 saturated carbocycles. The van der Waals surface area contributed by atoms with Crippen LogP contribution >= 0.6 is 23.1 Å². The van der Waals surface area contributed by atoms with Crippen LogP contribution in [0.5, 0.6) is 0 Å². The number of carbonyl (C=O) groups excluding carboxylic acids is 1. The van der Waals surface area contributed by atoms with Gasteiger partial charge in [-0.2, -0.15) is 0 Å². The van der Waals surface area contributed by atoms with Crippen LogP contribution in [0.3, 0.4) is 0 Å². The van der Waals surface area contributed by atoms with E-state index in [0.29, 0.717) is 11.7 Å². The number of nitrogens with one attached hydrogen (secondary N) is 1. The number of aromatic nitrogens is 2. The molecule has 140 valence electrons. The van der Waals surface area contributed by atoms with Crippen molar-refractivity contribution >= 4 is 44.9 Å². The molecule has 3 aromatic rings. The summed E-state index contributed by atoms with van der Waals surface area (Å²) in [5.41, 5.74) is 1.55. The van der Waals surface area contributed by atoms with Crippen LogP contribution in [-0.4, -0.2) is 21.6 Å². The van der Waals surface area contributed by atoms with Crippen molar-refractivity contribution in [1.82, 2.24) is 9.97 Å². The number of thioether (sulfide) groups is 1. The third kappa shape index (κ3) is 3.84. The number of aryl methyl sites for hydroxylation is 2. The lowest BCUT2D eigenvalue weighted by atomic mass is 9.89. The molecule has 0 spiro atoms. The van der Waals surface area contributed by atoms with Crippen molar-refractivity contribution in [2.45, 2.75) is 38.1 Å². The number of para-hydroxylation sites is 1. The second-order valence-electron chi connectivity index (χ2n) is 6.92. The molecule has 0 unspecified atom stereocenters. The Morgan fingerprint density at radius 1 is 1.37 bits per heavy atom. The van der Waals surface area contributed by atoms with Gasteiger partial charge in [-0.15, -0.1) is 11.3 Å². The molecular weight excluding hydrogens is 381 g/mol. The first kappa shape index (κ1) is 18.4. The topological polar surface area (TPSA) is 54.9 Å². The van der Waals surface area contributed by atoms with Crippen LogP contribution in [0.4, 0.5) is 10.1 Å². The van der Waals surface area contributed by atoms with Gasteiger partial charge in [0.05, 0.1) is 11.4 Å². The van der Waals surface area contributed by atoms with Crippen LogP contribution in [0.25, 0.3) is 10.2 Å². The first-order valence-electron chi connectivity index (χ1n) is 8.97. The highest BCUT2D eigenvalue weighted by Gasteiger charge is 2.24. The highest BCUT2D eigenvalue weighted by Crippen LogP contribution is 2.40. The molecule has 0 bridgehead atoms. The normalized spacial score (nSPS) is 16.3. The van der Waals surface area contributed by atoms with E-state index in [4.69, 9.17) is 0 Å². The Morgan fingerprint density at radius 3 is 3.00 bits per heavy atom. The predicted molar refractivity (Wildman–Crippen MR) is 109 cm³/mol. The van der Waals surface area contributed by atoms with E-state index >= 15 is 0 Å². The van der Waals surface area contributed by atoms with E-state index in [1.54, 1.807) is 29.5 Å². The third-order valence-electron chi connectivity index (χ3n) is 4.72. The molecule has 1 N–H and O–H groups in total. The number of fused-ring (bicyclic) bond motifs is 3. The number of benzene rings is 1. The lowest BCUT2D eigenvalue weighted by molar-refractivity contribution is -0.113. The lowest BCUT2D eigenvalue weighted by Gasteiger charge is -2.18. The number of thiophene rings is 1. The smallest absolute Gasteiger partial charge is 0.234 e. The summed E-state index contributed by atoms with van der Waals surface area (Å²) in [6, 6.07) is 6.18. The zero-order valence-electron chi connectivity index (χ0n) is 15.2. The molecular formula is C20H20FN3OS2. The summed E-state index contributed by atoms with van der Waals surface area (Å²) in [5.74, 6) is 0.916. The Balaban J connectivity index is 1.57. The average molecular weight is 402 g/mol. The van der Waals surface area contributed by atoms with Gasteiger partial charge in [0.25, 0.3) is 0 Å². The fourth-order valence-corrected chi connectivity index (χ4v) is 5.79. The summed E-state index contributed by atoms with van der Waals surface area (Å²) >= 11 is 3.15. The van der Waals surface area contributed by atoms with Crippen LogP contribution < -0.4 is 5.32 Å². The van der Waals surface area contributed by atoms with Crippen molar-refractivity contribution in [3.8, 4) is 0 Å². The van der Waals surface area contributed by atoms with E-state index < -0.39 is 5.82 Å². The molecule has 2 heterocycles. The number of carbonyl (C=O) groups is 1. The summed E-state index contributed by atoms with van der Waals surface area (Å²) in [6.07, 6.45) is 3.30. The van der Waals surface area contributed by atoms with E-state index in [1.807, 2.05) is 6.92 Å². The van der Waals surface area contributed by atoms with E-state index in [-0.39, 0.29) is 17.3 Å². The van der Waals surface area contributed by atoms with Gasteiger partial charge < -0.3 is 5.32 Å². The predicted octanol–water partition coefficient (Wildman–Crippen LogP) is 4.99. The summed E-state index contributed by atoms with van der Waals surface area (Å²) in [7, 11) is 0. The van der Waals surface area contributed by atoms with Gasteiger partial charge in [-0.1, -0.05) is 30.8 Å². The maximum absolute atomic E-state index is 13.7. The molecule has 1 aliphatic rings. The monoisotopic (exact) mass is 401 g/mol. The van der Waals surface area contributed by atoms with Gasteiger partial charge in [-0.05, 0) is 49.8 Å². The van der Waals surface area contributed by atoms with Crippen molar-refractivity contribution in [2.24, 2.45) is 5.92 Å². The molecule has 0 aliphatic heterocycles. The molecule has 4 rings (SSSR count). The first-order valence-corrected chi connectivity index (χ1v) is 10.8. The molecule has 0 fully saturated rings. The Bertz CT molecular complexity index is 1020. The van der Waals surface area contributed by atoms with Gasteiger partial charge in [0.15, 0.2) is 0 Å². The number of rotatable bonds is 4. The second-order valence-corrected chi connectivity index (χ2v) is 8.97. The molecule has 1 atom stereocenters. The van der Waals surface area contributed by atoms with E-state index in [0.717, 1.165) is 28.1 Å². The summed E-state index contributed by atoms with van der Waals surface area (Å²) in [4.78, 5) is 23.9. The van der Waals surface area contributed by atoms with Crippen molar-refractivity contribution in [1.29, 1.82) is 0 Å². The van der Waals surface area contributed by atoms with E-state index in [1.165, 1.54) is 34.7 Å². The third-order valence-corrected chi connectivity index (χ3v) is 6.85. The van der Waals surface area contributed by atoms with Crippen LogP contribution in [-0.2, 0) is 17.6 Å². The minimum absolute atomic E-state index is 0.181. The zero-order valence-corrected chi connectivity index (χ0v) is 16.8. The highest BCUT2D eigenvalue weighted by atomic mass is 32.2. The van der Waals surface area contributed by atoms with Gasteiger partial charge in [0.2, 0.25) is 5.91 Å². The van der Waals surface area contributed by atoms with Gasteiger partial charge in [0.1, 0.15) is 21.5 Å². The number of anilines is 1. The lowest BCUT2D eigenvalue weighted by Crippen LogP contribution is -2.15. The van der Waals surface area contributed by atoms with Crippen molar-refractivity contribution in [3.05, 3.63) is 46.3 Å². The summed E-state index contributed by atoms with van der Waals surface area (Å²) in [6.45, 7) is 4.16. The Kier molecular flexibility index (Phi) is 5.14. The zero-order chi connectivity index (χ0) is 19.0. The number of hydrogen-bond acceptors (Lipinski definition) is 5. The van der Waals surface area contributed by atoms with Crippen molar-refractivity contribution < 1.29 is 9.18 Å². The number of hydrogen-bond donors (Lipinski definition) is 1. The summed E-state index contributed by atoms with van der Waals surface area (Å²) in [5, 5.41) is 4.59. The molecule has 27 heavy (non-hydrogen) atoms. The first-order chi connectivity index (χ1) is 13.0. The average Bonchev–Trinajstić information content (AvgIpc) is 2.98. The molecule has 1 amide bonds. The standard InChI is InChI=1S/C20H20FN3OS2/c1-11-7-8-13-16(9-11)27-20-18(13)19(22-12(2)23-20)26-10-17(25)24-15-6-4-3-5-14(15)21/h3-6,11H,7-10H2,1-2H3,(H,24,25)/t11-/m0/s1. The molecule has 1 aliphatic carbocycles. The SMILES string of the molecule is Cc1nc(SCC(=O)Nc2ccccc2F)c2c3c(sc2n1)C[C@@H](C)CC3. The second kappa shape index (κ2) is 7.56. The van der Waals surface area contributed by atoms with Crippen molar-refractivity contribution in [3.63, 3.8) is 0 Å². The molecule has 4 nitrogen and oxygen atoms in total. The van der Waals surface area contributed by atoms with Crippen LogP contribution in [0, 0.1) is 18.7 Å². The van der Waals surface area contributed by atoms with E-state index in [2.05, 4.69) is 22.2 Å². The van der Waals surface area contributed by atoms with Crippen LogP contribution in [0.15, 0.2) is 29.3 Å². The molecule has 1 aromatic carbocycles. The van der Waals surface area contributed by atoms with Crippen molar-refractivity contribution in [2.75, 3.05) is 11.1 Å². The summed E-state index contributed by atoms with van der Waals surface area (Å²) < 4.78 is 13.7. The number of nitrogens with zero attached hydrogens (tertiary/aromatic N) is 2. The van der Waals surface area contributed by atoms with Gasteiger partial charge in [0, 0.05) is 10.3 Å². The fourth-order valence-electron chi connectivity index (χ4n) is 3.40. The molecule has 0 radical (unpaired) electrons. The Hall–Kier alpha value is -1.99. The minimum Gasteiger partial charge on any atom is -0.323 e. The van der Waals surface area contributed by atoms with Crippen LogP contribution in [0.1, 0.15) is 29.6 Å². The Morgan fingerprint density at radius 2 is 2.19 bits per heavy atom. The minimum atomic E-state index is -0.433.